The second-order valence-corrected chi connectivity index (χ2v) is 7.60. The molecule has 0 aromatic heterocycles. The molecule has 0 aliphatic carbocycles. The highest BCUT2D eigenvalue weighted by molar-refractivity contribution is 7.88. The molecular weight excluding hydrogens is 359 g/mol. The van der Waals surface area contributed by atoms with Crippen LogP contribution < -0.4 is 4.18 Å². The van der Waals surface area contributed by atoms with Gasteiger partial charge in [0.25, 0.3) is 0 Å². The molecule has 5 nitrogen and oxygen atoms in total. The molecule has 25 heavy (non-hydrogen) atoms. The van der Waals surface area contributed by atoms with Crippen molar-refractivity contribution in [3.05, 3.63) is 29.3 Å². The number of nitrogens with zero attached hydrogens (tertiary/aromatic N) is 1. The van der Waals surface area contributed by atoms with E-state index >= 15 is 0 Å². The van der Waals surface area contributed by atoms with Gasteiger partial charge in [-0.2, -0.15) is 21.6 Å². The summed E-state index contributed by atoms with van der Waals surface area (Å²) < 4.78 is 69.4. The first-order valence-corrected chi connectivity index (χ1v) is 9.38. The fourth-order valence-corrected chi connectivity index (χ4v) is 3.53. The number of ether oxygens (including phenoxy) is 1. The molecule has 0 saturated carbocycles. The van der Waals surface area contributed by atoms with Crippen molar-refractivity contribution >= 4 is 10.1 Å². The molecule has 0 unspecified atom stereocenters. The number of rotatable bonds is 6. The van der Waals surface area contributed by atoms with Gasteiger partial charge in [-0.3, -0.25) is 0 Å². The van der Waals surface area contributed by atoms with Crippen molar-refractivity contribution in [2.75, 3.05) is 33.4 Å². The smallest absolute Gasteiger partial charge is 0.383 e. The molecule has 2 rings (SSSR count). The Morgan fingerprint density at radius 3 is 2.44 bits per heavy atom. The Kier molecular flexibility index (Phi) is 6.34. The number of piperidine rings is 1. The summed E-state index contributed by atoms with van der Waals surface area (Å²) >= 11 is 0. The van der Waals surface area contributed by atoms with Crippen LogP contribution in [0.5, 0.6) is 5.75 Å². The van der Waals surface area contributed by atoms with E-state index < -0.39 is 15.6 Å². The van der Waals surface area contributed by atoms with Crippen LogP contribution in [0.1, 0.15) is 29.9 Å². The van der Waals surface area contributed by atoms with Gasteiger partial charge < -0.3 is 13.8 Å². The quantitative estimate of drug-likeness (QED) is 0.560. The van der Waals surface area contributed by atoms with E-state index in [2.05, 4.69) is 9.08 Å². The number of benzene rings is 1. The van der Waals surface area contributed by atoms with Gasteiger partial charge in [-0.05, 0) is 56.0 Å². The third kappa shape index (κ3) is 4.86. The van der Waals surface area contributed by atoms with Gasteiger partial charge in [-0.15, -0.1) is 0 Å². The minimum atomic E-state index is -5.66. The lowest BCUT2D eigenvalue weighted by Crippen LogP contribution is -2.35. The van der Waals surface area contributed by atoms with E-state index in [9.17, 15) is 21.6 Å². The van der Waals surface area contributed by atoms with E-state index in [1.165, 1.54) is 12.1 Å². The Morgan fingerprint density at radius 1 is 1.24 bits per heavy atom. The summed E-state index contributed by atoms with van der Waals surface area (Å²) in [4.78, 5) is 2.27. The highest BCUT2D eigenvalue weighted by atomic mass is 32.2. The van der Waals surface area contributed by atoms with E-state index in [1.807, 2.05) is 6.07 Å². The van der Waals surface area contributed by atoms with Crippen LogP contribution in [0.15, 0.2) is 18.2 Å². The number of methoxy groups -OCH3 is 1. The molecule has 0 amide bonds. The molecule has 1 heterocycles. The van der Waals surface area contributed by atoms with Gasteiger partial charge >= 0.3 is 15.6 Å². The maximum absolute atomic E-state index is 12.5. The highest BCUT2D eigenvalue weighted by Gasteiger charge is 2.48. The minimum Gasteiger partial charge on any atom is -0.383 e. The van der Waals surface area contributed by atoms with Gasteiger partial charge in [-0.25, -0.2) is 0 Å². The molecule has 142 valence electrons. The summed E-state index contributed by atoms with van der Waals surface area (Å²) in [6.07, 6.45) is 1.69. The van der Waals surface area contributed by atoms with Gasteiger partial charge in [0.15, 0.2) is 0 Å². The number of likely N-dealkylation sites (tertiary alicyclic amines) is 1. The molecule has 0 N–H and O–H groups in total. The van der Waals surface area contributed by atoms with E-state index in [4.69, 9.17) is 4.74 Å². The summed E-state index contributed by atoms with van der Waals surface area (Å²) in [5.74, 6) is -0.104. The predicted octanol–water partition coefficient (Wildman–Crippen LogP) is 3.05. The zero-order valence-corrected chi connectivity index (χ0v) is 15.0. The Balaban J connectivity index is 2.12. The van der Waals surface area contributed by atoms with Gasteiger partial charge in [0.2, 0.25) is 0 Å². The molecular formula is C16H22F3NO4S. The topological polar surface area (TPSA) is 55.8 Å². The maximum atomic E-state index is 12.5. The Morgan fingerprint density at radius 2 is 1.88 bits per heavy atom. The summed E-state index contributed by atoms with van der Waals surface area (Å²) in [5, 5.41) is 0. The average Bonchev–Trinajstić information content (AvgIpc) is 2.54. The fraction of sp³-hybridized carbons (Fsp3) is 0.625. The van der Waals surface area contributed by atoms with Crippen molar-refractivity contribution in [1.82, 2.24) is 4.90 Å². The first-order chi connectivity index (χ1) is 11.7. The van der Waals surface area contributed by atoms with E-state index in [1.54, 1.807) is 14.0 Å². The third-order valence-corrected chi connectivity index (χ3v) is 5.41. The van der Waals surface area contributed by atoms with Crippen molar-refractivity contribution in [3.63, 3.8) is 0 Å². The summed E-state index contributed by atoms with van der Waals surface area (Å²) in [7, 11) is -4.01. The highest BCUT2D eigenvalue weighted by Crippen LogP contribution is 2.35. The first-order valence-electron chi connectivity index (χ1n) is 7.97. The van der Waals surface area contributed by atoms with Gasteiger partial charge in [0, 0.05) is 13.7 Å². The Bertz CT molecular complexity index is 683. The Hall–Kier alpha value is -1.32. The lowest BCUT2D eigenvalue weighted by atomic mass is 9.86. The van der Waals surface area contributed by atoms with Crippen LogP contribution in [-0.2, 0) is 14.9 Å². The molecule has 1 aromatic rings. The molecule has 1 aromatic carbocycles. The van der Waals surface area contributed by atoms with Crippen LogP contribution in [0.25, 0.3) is 0 Å². The summed E-state index contributed by atoms with van der Waals surface area (Å²) in [6, 6.07) is 4.59. The van der Waals surface area contributed by atoms with Crippen LogP contribution in [0.3, 0.4) is 0 Å². The maximum Gasteiger partial charge on any atom is 0.534 e. The van der Waals surface area contributed by atoms with Crippen molar-refractivity contribution in [1.29, 1.82) is 0 Å². The SMILES string of the molecule is COCCN1CCC(c2cccc(OS(=O)(=O)C(F)(F)F)c2C)CC1. The molecule has 0 atom stereocenters. The Labute approximate surface area is 145 Å². The lowest BCUT2D eigenvalue weighted by Gasteiger charge is -2.32. The van der Waals surface area contributed by atoms with Gasteiger partial charge in [-0.1, -0.05) is 12.1 Å². The van der Waals surface area contributed by atoms with Gasteiger partial charge in [0.05, 0.1) is 6.61 Å². The number of halogens is 3. The normalized spacial score (nSPS) is 17.6. The van der Waals surface area contributed by atoms with E-state index in [-0.39, 0.29) is 11.7 Å². The van der Waals surface area contributed by atoms with Crippen molar-refractivity contribution in [2.24, 2.45) is 0 Å². The zero-order chi connectivity index (χ0) is 18.7. The molecule has 0 radical (unpaired) electrons. The molecule has 0 bridgehead atoms. The van der Waals surface area contributed by atoms with E-state index in [0.29, 0.717) is 12.2 Å². The average molecular weight is 381 g/mol. The molecule has 9 heteroatoms. The molecule has 1 saturated heterocycles. The first kappa shape index (κ1) is 20.0. The largest absolute Gasteiger partial charge is 0.534 e. The van der Waals surface area contributed by atoms with Crippen LogP contribution in [0.2, 0.25) is 0 Å². The second kappa shape index (κ2) is 7.92. The zero-order valence-electron chi connectivity index (χ0n) is 14.2. The summed E-state index contributed by atoms with van der Waals surface area (Å²) in [6.45, 7) is 4.81. The molecule has 1 aliphatic heterocycles. The van der Waals surface area contributed by atoms with Crippen LogP contribution in [0.4, 0.5) is 13.2 Å². The number of alkyl halides is 3. The van der Waals surface area contributed by atoms with Crippen LogP contribution in [-0.4, -0.2) is 52.2 Å². The predicted molar refractivity (Wildman–Crippen MR) is 87.1 cm³/mol. The van der Waals surface area contributed by atoms with Crippen molar-refractivity contribution in [2.45, 2.75) is 31.2 Å². The van der Waals surface area contributed by atoms with Crippen LogP contribution in [0, 0.1) is 6.92 Å². The third-order valence-electron chi connectivity index (χ3n) is 4.45. The number of hydrogen-bond acceptors (Lipinski definition) is 5. The second-order valence-electron chi connectivity index (χ2n) is 6.06. The molecule has 1 aliphatic rings. The lowest BCUT2D eigenvalue weighted by molar-refractivity contribution is -0.0500. The summed E-state index contributed by atoms with van der Waals surface area (Å²) in [5.41, 5.74) is -4.17. The van der Waals surface area contributed by atoms with Gasteiger partial charge in [0.1, 0.15) is 5.75 Å². The monoisotopic (exact) mass is 381 g/mol. The molecule has 1 fully saturated rings. The van der Waals surface area contributed by atoms with E-state index in [0.717, 1.165) is 38.0 Å². The fourth-order valence-electron chi connectivity index (χ4n) is 3.02. The standard InChI is InChI=1S/C16H22F3NO4S/c1-12-14(13-6-8-20(9-7-13)10-11-23-2)4-3-5-15(12)24-25(21,22)16(17,18)19/h3-5,13H,6-11H2,1-2H3. The van der Waals surface area contributed by atoms with Crippen LogP contribution >= 0.6 is 0 Å². The van der Waals surface area contributed by atoms with Crippen molar-refractivity contribution in [3.8, 4) is 5.75 Å². The molecule has 0 spiro atoms. The minimum absolute atomic E-state index is 0.163. The van der Waals surface area contributed by atoms with Crippen molar-refractivity contribution < 1.29 is 30.5 Å². The number of hydrogen-bond donors (Lipinski definition) is 0.